The number of benzene rings is 2. The van der Waals surface area contributed by atoms with E-state index < -0.39 is 23.5 Å². The van der Waals surface area contributed by atoms with Gasteiger partial charge >= 0.3 is 6.18 Å². The fraction of sp³-hybridized carbons (Fsp3) is 0.0556. The Morgan fingerprint density at radius 3 is 2.45 bits per heavy atom. The van der Waals surface area contributed by atoms with Crippen LogP contribution in [0.1, 0.15) is 15.9 Å². The topological polar surface area (TPSA) is 105 Å². The SMILES string of the molecule is Nc1c(NNC(=O)c2ccccc2F)ncnc1Nc1cccc(C(F)(F)F)c1. The Bertz CT molecular complexity index is 1040. The van der Waals surface area contributed by atoms with Crippen molar-refractivity contribution in [1.29, 1.82) is 0 Å². The molecule has 0 atom stereocenters. The molecular weight excluding hydrogens is 392 g/mol. The molecule has 0 saturated heterocycles. The number of hydrogen-bond acceptors (Lipinski definition) is 6. The monoisotopic (exact) mass is 406 g/mol. The maximum absolute atomic E-state index is 13.6. The number of rotatable bonds is 5. The normalized spacial score (nSPS) is 11.0. The standard InChI is InChI=1S/C18H14F4N6O/c19-13-7-2-1-6-12(13)17(29)28-27-16-14(23)15(24-9-25-16)26-11-5-3-4-10(8-11)18(20,21)22/h1-9H,23H2,(H,28,29)(H2,24,25,26,27). The predicted molar refractivity (Wildman–Crippen MR) is 98.7 cm³/mol. The highest BCUT2D eigenvalue weighted by atomic mass is 19.4. The first-order valence-electron chi connectivity index (χ1n) is 8.11. The number of halogens is 4. The third-order valence-corrected chi connectivity index (χ3v) is 3.75. The fourth-order valence-corrected chi connectivity index (χ4v) is 2.33. The van der Waals surface area contributed by atoms with E-state index in [4.69, 9.17) is 5.73 Å². The summed E-state index contributed by atoms with van der Waals surface area (Å²) in [4.78, 5) is 19.8. The number of alkyl halides is 3. The summed E-state index contributed by atoms with van der Waals surface area (Å²) in [5, 5.41) is 2.66. The second-order valence-corrected chi connectivity index (χ2v) is 5.75. The van der Waals surface area contributed by atoms with Gasteiger partial charge in [0, 0.05) is 5.69 Å². The number of aromatic nitrogens is 2. The molecule has 0 aliphatic heterocycles. The summed E-state index contributed by atoms with van der Waals surface area (Å²) < 4.78 is 52.2. The molecule has 0 aliphatic rings. The minimum Gasteiger partial charge on any atom is -0.393 e. The molecule has 7 nitrogen and oxygen atoms in total. The van der Waals surface area contributed by atoms with Gasteiger partial charge in [-0.25, -0.2) is 14.4 Å². The van der Waals surface area contributed by atoms with E-state index in [9.17, 15) is 22.4 Å². The molecule has 0 saturated carbocycles. The molecule has 0 aliphatic carbocycles. The van der Waals surface area contributed by atoms with Gasteiger partial charge in [0.1, 0.15) is 17.8 Å². The number of amides is 1. The highest BCUT2D eigenvalue weighted by Crippen LogP contribution is 2.32. The molecule has 0 radical (unpaired) electrons. The highest BCUT2D eigenvalue weighted by molar-refractivity contribution is 5.95. The summed E-state index contributed by atoms with van der Waals surface area (Å²) >= 11 is 0. The Morgan fingerprint density at radius 2 is 1.72 bits per heavy atom. The Labute approximate surface area is 161 Å². The number of nitrogens with two attached hydrogens (primary N) is 1. The van der Waals surface area contributed by atoms with Crippen LogP contribution in [0.4, 0.5) is 40.6 Å². The van der Waals surface area contributed by atoms with Gasteiger partial charge in [0.05, 0.1) is 11.1 Å². The average molecular weight is 406 g/mol. The Kier molecular flexibility index (Phi) is 5.48. The number of carbonyl (C=O) groups excluding carboxylic acids is 1. The second kappa shape index (κ2) is 8.00. The molecule has 1 amide bonds. The Balaban J connectivity index is 1.75. The van der Waals surface area contributed by atoms with Gasteiger partial charge in [-0.1, -0.05) is 18.2 Å². The molecule has 0 unspecified atom stereocenters. The van der Waals surface area contributed by atoms with E-state index in [1.807, 2.05) is 0 Å². The van der Waals surface area contributed by atoms with E-state index in [2.05, 4.69) is 26.1 Å². The zero-order chi connectivity index (χ0) is 21.0. The zero-order valence-electron chi connectivity index (χ0n) is 14.6. The number of nitrogen functional groups attached to an aromatic ring is 1. The van der Waals surface area contributed by atoms with Gasteiger partial charge in [-0.2, -0.15) is 13.2 Å². The van der Waals surface area contributed by atoms with Gasteiger partial charge in [0.2, 0.25) is 0 Å². The van der Waals surface area contributed by atoms with Gasteiger partial charge in [-0.3, -0.25) is 15.6 Å². The van der Waals surface area contributed by atoms with Crippen molar-refractivity contribution in [2.24, 2.45) is 0 Å². The Hall–Kier alpha value is -3.89. The lowest BCUT2D eigenvalue weighted by atomic mass is 10.2. The first-order valence-corrected chi connectivity index (χ1v) is 8.11. The van der Waals surface area contributed by atoms with Crippen molar-refractivity contribution in [2.45, 2.75) is 6.18 Å². The third kappa shape index (κ3) is 4.69. The highest BCUT2D eigenvalue weighted by Gasteiger charge is 2.30. The maximum Gasteiger partial charge on any atom is 0.416 e. The molecule has 3 rings (SSSR count). The van der Waals surface area contributed by atoms with E-state index in [-0.39, 0.29) is 28.6 Å². The Morgan fingerprint density at radius 1 is 1.00 bits per heavy atom. The lowest BCUT2D eigenvalue weighted by Crippen LogP contribution is -2.31. The van der Waals surface area contributed by atoms with Crippen molar-refractivity contribution in [2.75, 3.05) is 16.5 Å². The van der Waals surface area contributed by atoms with Crippen molar-refractivity contribution in [3.63, 3.8) is 0 Å². The largest absolute Gasteiger partial charge is 0.416 e. The first kappa shape index (κ1) is 19.9. The lowest BCUT2D eigenvalue weighted by Gasteiger charge is -2.14. The molecule has 150 valence electrons. The molecule has 1 aromatic heterocycles. The molecule has 11 heteroatoms. The molecular formula is C18H14F4N6O. The molecule has 1 heterocycles. The summed E-state index contributed by atoms with van der Waals surface area (Å²) in [6.45, 7) is 0. The van der Waals surface area contributed by atoms with Gasteiger partial charge in [0.25, 0.3) is 5.91 Å². The molecule has 29 heavy (non-hydrogen) atoms. The van der Waals surface area contributed by atoms with Crippen LogP contribution in [-0.4, -0.2) is 15.9 Å². The van der Waals surface area contributed by atoms with E-state index in [1.54, 1.807) is 0 Å². The predicted octanol–water partition coefficient (Wildman–Crippen LogP) is 3.72. The molecule has 0 fully saturated rings. The van der Waals surface area contributed by atoms with Crippen LogP contribution in [0.25, 0.3) is 0 Å². The minimum atomic E-state index is -4.50. The quantitative estimate of drug-likeness (QED) is 0.380. The van der Waals surface area contributed by atoms with Gasteiger partial charge < -0.3 is 11.1 Å². The van der Waals surface area contributed by atoms with E-state index in [1.165, 1.54) is 30.3 Å². The molecule has 3 aromatic rings. The van der Waals surface area contributed by atoms with Crippen molar-refractivity contribution in [1.82, 2.24) is 15.4 Å². The van der Waals surface area contributed by atoms with Crippen LogP contribution in [0, 0.1) is 5.82 Å². The summed E-state index contributed by atoms with van der Waals surface area (Å²) in [6, 6.07) is 9.82. The third-order valence-electron chi connectivity index (χ3n) is 3.75. The van der Waals surface area contributed by atoms with Crippen LogP contribution in [0.3, 0.4) is 0 Å². The summed E-state index contributed by atoms with van der Waals surface area (Å²) in [5.41, 5.74) is 9.58. The van der Waals surface area contributed by atoms with Crippen molar-refractivity contribution >= 4 is 28.9 Å². The van der Waals surface area contributed by atoms with Gasteiger partial charge in [0.15, 0.2) is 11.6 Å². The number of hydrazine groups is 1. The minimum absolute atomic E-state index is 0.0157. The zero-order valence-corrected chi connectivity index (χ0v) is 14.6. The number of hydrogen-bond donors (Lipinski definition) is 4. The van der Waals surface area contributed by atoms with Gasteiger partial charge in [-0.15, -0.1) is 0 Å². The first-order chi connectivity index (χ1) is 13.8. The van der Waals surface area contributed by atoms with E-state index in [0.717, 1.165) is 24.5 Å². The maximum atomic E-state index is 13.6. The summed E-state index contributed by atoms with van der Waals surface area (Å²) in [6.07, 6.45) is -3.41. The second-order valence-electron chi connectivity index (χ2n) is 5.75. The van der Waals surface area contributed by atoms with Crippen molar-refractivity contribution < 1.29 is 22.4 Å². The van der Waals surface area contributed by atoms with Gasteiger partial charge in [-0.05, 0) is 30.3 Å². The fourth-order valence-electron chi connectivity index (χ4n) is 2.33. The number of anilines is 4. The molecule has 0 spiro atoms. The molecule has 5 N–H and O–H groups in total. The van der Waals surface area contributed by atoms with Crippen LogP contribution in [0.2, 0.25) is 0 Å². The smallest absolute Gasteiger partial charge is 0.393 e. The number of nitrogens with zero attached hydrogens (tertiary/aromatic N) is 2. The van der Waals surface area contributed by atoms with Crippen LogP contribution < -0.4 is 21.9 Å². The van der Waals surface area contributed by atoms with Crippen LogP contribution in [0.15, 0.2) is 54.9 Å². The number of nitrogens with one attached hydrogen (secondary N) is 3. The van der Waals surface area contributed by atoms with E-state index >= 15 is 0 Å². The van der Waals surface area contributed by atoms with Crippen molar-refractivity contribution in [3.8, 4) is 0 Å². The van der Waals surface area contributed by atoms with E-state index in [0.29, 0.717) is 0 Å². The van der Waals surface area contributed by atoms with Crippen LogP contribution >= 0.6 is 0 Å². The number of carbonyl (C=O) groups is 1. The molecule has 0 bridgehead atoms. The lowest BCUT2D eigenvalue weighted by molar-refractivity contribution is -0.137. The van der Waals surface area contributed by atoms with Crippen molar-refractivity contribution in [3.05, 3.63) is 71.8 Å². The molecule has 2 aromatic carbocycles. The van der Waals surface area contributed by atoms with Crippen LogP contribution in [0.5, 0.6) is 0 Å². The average Bonchev–Trinajstić information content (AvgIpc) is 2.68. The van der Waals surface area contributed by atoms with Crippen LogP contribution in [-0.2, 0) is 6.18 Å². The summed E-state index contributed by atoms with van der Waals surface area (Å²) in [5.74, 6) is -1.50. The summed E-state index contributed by atoms with van der Waals surface area (Å²) in [7, 11) is 0.